The van der Waals surface area contributed by atoms with Crippen LogP contribution in [0.3, 0.4) is 0 Å². The third-order valence-corrected chi connectivity index (χ3v) is 5.97. The van der Waals surface area contributed by atoms with Crippen LogP contribution in [0.1, 0.15) is 60.2 Å². The maximum Gasteiger partial charge on any atom is 0.113 e. The van der Waals surface area contributed by atoms with E-state index in [1.54, 1.807) is 12.4 Å². The molecule has 4 heteroatoms. The summed E-state index contributed by atoms with van der Waals surface area (Å²) in [4.78, 5) is 13.3. The first-order valence-electron chi connectivity index (χ1n) is 10.7. The lowest BCUT2D eigenvalue weighted by molar-refractivity contribution is 0.280. The Morgan fingerprint density at radius 2 is 1.80 bits per heavy atom. The molecule has 0 aliphatic heterocycles. The number of aromatic nitrogens is 3. The van der Waals surface area contributed by atoms with Crippen molar-refractivity contribution in [2.75, 3.05) is 0 Å². The highest BCUT2D eigenvalue weighted by Gasteiger charge is 2.33. The molecule has 1 aliphatic carbocycles. The second-order valence-electron chi connectivity index (χ2n) is 7.96. The van der Waals surface area contributed by atoms with Gasteiger partial charge in [0.15, 0.2) is 0 Å². The fourth-order valence-corrected chi connectivity index (χ4v) is 4.23. The van der Waals surface area contributed by atoms with Crippen LogP contribution >= 0.6 is 0 Å². The van der Waals surface area contributed by atoms with Crippen LogP contribution in [0.2, 0.25) is 0 Å². The van der Waals surface area contributed by atoms with Gasteiger partial charge in [-0.3, -0.25) is 9.97 Å². The second-order valence-corrected chi connectivity index (χ2v) is 7.96. The van der Waals surface area contributed by atoms with Crippen LogP contribution in [0.25, 0.3) is 0 Å². The number of hydrogen-bond donors (Lipinski definition) is 1. The van der Waals surface area contributed by atoms with Crippen molar-refractivity contribution in [1.29, 1.82) is 0 Å². The van der Waals surface area contributed by atoms with E-state index in [0.717, 1.165) is 48.2 Å². The Morgan fingerprint density at radius 3 is 2.60 bits per heavy atom. The molecule has 0 spiro atoms. The molecule has 1 saturated carbocycles. The summed E-state index contributed by atoms with van der Waals surface area (Å²) in [6.07, 6.45) is 14.7. The van der Waals surface area contributed by atoms with Gasteiger partial charge in [0.05, 0.1) is 17.7 Å². The molecule has 0 saturated heterocycles. The van der Waals surface area contributed by atoms with Gasteiger partial charge in [0.1, 0.15) is 5.69 Å². The Labute approximate surface area is 178 Å². The number of aryl methyl sites for hydroxylation is 2. The lowest BCUT2D eigenvalue weighted by Gasteiger charge is -2.32. The van der Waals surface area contributed by atoms with Crippen molar-refractivity contribution in [2.24, 2.45) is 0 Å². The Bertz CT molecular complexity index is 1030. The molecule has 0 bridgehead atoms. The van der Waals surface area contributed by atoms with Gasteiger partial charge in [-0.15, -0.1) is 0 Å². The van der Waals surface area contributed by atoms with Crippen LogP contribution in [0.5, 0.6) is 0 Å². The van der Waals surface area contributed by atoms with Gasteiger partial charge in [-0.2, -0.15) is 0 Å². The van der Waals surface area contributed by atoms with Gasteiger partial charge in [-0.05, 0) is 78.6 Å². The van der Waals surface area contributed by atoms with Crippen LogP contribution in [-0.2, 0) is 24.9 Å². The molecule has 152 valence electrons. The van der Waals surface area contributed by atoms with Gasteiger partial charge in [0, 0.05) is 24.8 Å². The molecule has 0 aromatic carbocycles. The zero-order valence-electron chi connectivity index (χ0n) is 17.2. The van der Waals surface area contributed by atoms with Gasteiger partial charge >= 0.3 is 0 Å². The third kappa shape index (κ3) is 4.75. The predicted octanol–water partition coefficient (Wildman–Crippen LogP) is 4.40. The smallest absolute Gasteiger partial charge is 0.113 e. The third-order valence-electron chi connectivity index (χ3n) is 5.97. The molecule has 0 amide bonds. The molecule has 0 atom stereocenters. The van der Waals surface area contributed by atoms with Crippen molar-refractivity contribution >= 4 is 0 Å². The van der Waals surface area contributed by atoms with Crippen molar-refractivity contribution in [3.63, 3.8) is 0 Å². The summed E-state index contributed by atoms with van der Waals surface area (Å²) in [7, 11) is 0. The monoisotopic (exact) mass is 397 g/mol. The van der Waals surface area contributed by atoms with Gasteiger partial charge in [-0.25, -0.2) is 4.98 Å². The minimum absolute atomic E-state index is 0.0473. The summed E-state index contributed by atoms with van der Waals surface area (Å²) in [5.41, 5.74) is 4.99. The molecule has 3 aromatic heterocycles. The highest BCUT2D eigenvalue weighted by Crippen LogP contribution is 2.38. The minimum atomic E-state index is -0.198. The molecular weight excluding hydrogens is 370 g/mol. The average Bonchev–Trinajstić information content (AvgIpc) is 2.83. The average molecular weight is 398 g/mol. The van der Waals surface area contributed by atoms with E-state index in [4.69, 9.17) is 4.98 Å². The summed E-state index contributed by atoms with van der Waals surface area (Å²) >= 11 is 0. The molecule has 1 N–H and O–H groups in total. The molecular formula is C26H27N3O. The molecule has 1 fully saturated rings. The number of rotatable bonds is 5. The van der Waals surface area contributed by atoms with Crippen molar-refractivity contribution in [2.45, 2.75) is 57.0 Å². The molecule has 3 aromatic rings. The minimum Gasteiger partial charge on any atom is -0.392 e. The first-order valence-corrected chi connectivity index (χ1v) is 10.7. The van der Waals surface area contributed by atoms with E-state index >= 15 is 0 Å². The van der Waals surface area contributed by atoms with Crippen LogP contribution in [-0.4, -0.2) is 20.1 Å². The van der Waals surface area contributed by atoms with Gasteiger partial charge in [-0.1, -0.05) is 31.2 Å². The predicted molar refractivity (Wildman–Crippen MR) is 118 cm³/mol. The van der Waals surface area contributed by atoms with Gasteiger partial charge in [0.25, 0.3) is 0 Å². The maximum absolute atomic E-state index is 9.56. The largest absolute Gasteiger partial charge is 0.392 e. The fraction of sp³-hybridized carbons (Fsp3) is 0.346. The van der Waals surface area contributed by atoms with E-state index in [-0.39, 0.29) is 12.0 Å². The highest BCUT2D eigenvalue weighted by molar-refractivity contribution is 5.38. The van der Waals surface area contributed by atoms with E-state index in [0.29, 0.717) is 0 Å². The first-order chi connectivity index (χ1) is 14.8. The standard InChI is InChI=1S/C26H27N3O/c30-20-23-11-16-27-19-22(23)8-7-21-10-17-29-25(18-21)26(12-3-1-4-13-26)14-9-24-6-2-5-15-28-24/h2,5-6,10-11,15-19,30H,1,3-4,7-8,12-13,20H2. The summed E-state index contributed by atoms with van der Waals surface area (Å²) in [6.45, 7) is 0.0473. The molecule has 3 heterocycles. The van der Waals surface area contributed by atoms with E-state index in [1.165, 1.54) is 24.8 Å². The van der Waals surface area contributed by atoms with E-state index in [1.807, 2.05) is 36.7 Å². The Balaban J connectivity index is 1.59. The molecule has 30 heavy (non-hydrogen) atoms. The second kappa shape index (κ2) is 9.65. The molecule has 4 nitrogen and oxygen atoms in total. The zero-order valence-corrected chi connectivity index (χ0v) is 17.2. The van der Waals surface area contributed by atoms with Gasteiger partial charge in [0.2, 0.25) is 0 Å². The van der Waals surface area contributed by atoms with E-state index < -0.39 is 0 Å². The fourth-order valence-electron chi connectivity index (χ4n) is 4.23. The number of aliphatic hydroxyl groups is 1. The van der Waals surface area contributed by atoms with E-state index in [9.17, 15) is 5.11 Å². The van der Waals surface area contributed by atoms with Crippen molar-refractivity contribution in [3.8, 4) is 11.8 Å². The molecule has 0 radical (unpaired) electrons. The summed E-state index contributed by atoms with van der Waals surface area (Å²) in [6, 6.07) is 12.0. The lowest BCUT2D eigenvalue weighted by Crippen LogP contribution is -2.28. The van der Waals surface area contributed by atoms with Gasteiger partial charge < -0.3 is 5.11 Å². The number of nitrogens with zero attached hydrogens (tertiary/aromatic N) is 3. The van der Waals surface area contributed by atoms with Crippen LogP contribution in [0.15, 0.2) is 61.2 Å². The number of aliphatic hydroxyl groups excluding tert-OH is 1. The lowest BCUT2D eigenvalue weighted by atomic mass is 9.71. The van der Waals surface area contributed by atoms with Crippen LogP contribution < -0.4 is 0 Å². The Morgan fingerprint density at radius 1 is 0.900 bits per heavy atom. The van der Waals surface area contributed by atoms with Crippen molar-refractivity contribution < 1.29 is 5.11 Å². The maximum atomic E-state index is 9.56. The summed E-state index contributed by atoms with van der Waals surface area (Å²) < 4.78 is 0. The normalized spacial score (nSPS) is 15.2. The quantitative estimate of drug-likeness (QED) is 0.648. The van der Waals surface area contributed by atoms with Crippen LogP contribution in [0.4, 0.5) is 0 Å². The molecule has 4 rings (SSSR count). The van der Waals surface area contributed by atoms with Crippen molar-refractivity contribution in [1.82, 2.24) is 15.0 Å². The van der Waals surface area contributed by atoms with Crippen LogP contribution in [0, 0.1) is 11.8 Å². The highest BCUT2D eigenvalue weighted by atomic mass is 16.3. The SMILES string of the molecule is OCc1ccncc1CCc1ccnc(C2(C#Cc3ccccn3)CCCCC2)c1. The number of pyridine rings is 3. The molecule has 0 unspecified atom stereocenters. The topological polar surface area (TPSA) is 58.9 Å². The number of hydrogen-bond acceptors (Lipinski definition) is 4. The van der Waals surface area contributed by atoms with Crippen molar-refractivity contribution in [3.05, 3.63) is 89.3 Å². The van der Waals surface area contributed by atoms with E-state index in [2.05, 4.69) is 33.9 Å². The Kier molecular flexibility index (Phi) is 6.51. The first kappa shape index (κ1) is 20.3. The summed E-state index contributed by atoms with van der Waals surface area (Å²) in [5, 5.41) is 9.56. The summed E-state index contributed by atoms with van der Waals surface area (Å²) in [5.74, 6) is 6.88. The zero-order chi connectivity index (χ0) is 20.7. The Hall–Kier alpha value is -3.03. The molecule has 1 aliphatic rings.